The van der Waals surface area contributed by atoms with Crippen LogP contribution in [0.3, 0.4) is 0 Å². The van der Waals surface area contributed by atoms with Gasteiger partial charge in [0.1, 0.15) is 0 Å². The smallest absolute Gasteiger partial charge is 0.344 e. The summed E-state index contributed by atoms with van der Waals surface area (Å²) >= 11 is 0. The molecule has 0 aliphatic carbocycles. The normalized spacial score (nSPS) is 10.1. The molecule has 0 aliphatic rings. The lowest BCUT2D eigenvalue weighted by Gasteiger charge is -2.12. The summed E-state index contributed by atoms with van der Waals surface area (Å²) in [6.45, 7) is 6.71. The number of carbonyl (C=O) groups is 2. The second-order valence-electron chi connectivity index (χ2n) is 5.15. The third-order valence-electron chi connectivity index (χ3n) is 2.77. The van der Waals surface area contributed by atoms with Crippen LogP contribution in [0.5, 0.6) is 11.5 Å². The van der Waals surface area contributed by atoms with E-state index in [9.17, 15) is 9.59 Å². The molecule has 0 heterocycles. The molecule has 1 aromatic rings. The molecule has 0 radical (unpaired) electrons. The van der Waals surface area contributed by atoms with E-state index in [0.29, 0.717) is 17.9 Å². The van der Waals surface area contributed by atoms with Crippen LogP contribution in [0.4, 0.5) is 0 Å². The standard InChI is InChI=1S/C17H23NO5/c1-5-6-13-7-8-14(15(9-13)21-4)22-11-17(20)23-10-16(19)18-12(2)3/h5,7-9,12H,1,6,10-11H2,2-4H3,(H,18,19). The Kier molecular flexibility index (Phi) is 7.66. The van der Waals surface area contributed by atoms with Crippen LogP contribution in [0.2, 0.25) is 0 Å². The zero-order valence-corrected chi connectivity index (χ0v) is 13.8. The van der Waals surface area contributed by atoms with Crippen molar-refractivity contribution in [3.05, 3.63) is 36.4 Å². The molecule has 1 amide bonds. The van der Waals surface area contributed by atoms with Crippen LogP contribution in [0.25, 0.3) is 0 Å². The minimum atomic E-state index is -0.624. The third kappa shape index (κ3) is 6.86. The molecule has 1 rings (SSSR count). The molecule has 0 aliphatic heterocycles. The van der Waals surface area contributed by atoms with Crippen molar-refractivity contribution in [1.29, 1.82) is 0 Å². The van der Waals surface area contributed by atoms with Gasteiger partial charge in [-0.15, -0.1) is 6.58 Å². The van der Waals surface area contributed by atoms with E-state index < -0.39 is 5.97 Å². The second kappa shape index (κ2) is 9.50. The first-order valence-corrected chi connectivity index (χ1v) is 7.31. The number of amides is 1. The third-order valence-corrected chi connectivity index (χ3v) is 2.77. The number of benzene rings is 1. The van der Waals surface area contributed by atoms with Gasteiger partial charge in [0.25, 0.3) is 5.91 Å². The van der Waals surface area contributed by atoms with Gasteiger partial charge in [-0.2, -0.15) is 0 Å². The molecule has 0 saturated carbocycles. The Labute approximate surface area is 136 Å². The van der Waals surface area contributed by atoms with Gasteiger partial charge in [-0.05, 0) is 38.0 Å². The van der Waals surface area contributed by atoms with Crippen molar-refractivity contribution in [3.8, 4) is 11.5 Å². The van der Waals surface area contributed by atoms with E-state index in [1.54, 1.807) is 12.1 Å². The van der Waals surface area contributed by atoms with E-state index in [0.717, 1.165) is 5.56 Å². The molecule has 0 saturated heterocycles. The number of ether oxygens (including phenoxy) is 3. The molecule has 1 N–H and O–H groups in total. The Balaban J connectivity index is 2.49. The van der Waals surface area contributed by atoms with Crippen LogP contribution in [0, 0.1) is 0 Å². The van der Waals surface area contributed by atoms with Gasteiger partial charge >= 0.3 is 5.97 Å². The lowest BCUT2D eigenvalue weighted by Crippen LogP contribution is -2.34. The molecule has 0 atom stereocenters. The van der Waals surface area contributed by atoms with Crippen LogP contribution < -0.4 is 14.8 Å². The zero-order chi connectivity index (χ0) is 17.2. The lowest BCUT2D eigenvalue weighted by atomic mass is 10.1. The number of carbonyl (C=O) groups excluding carboxylic acids is 2. The van der Waals surface area contributed by atoms with Crippen molar-refractivity contribution < 1.29 is 23.8 Å². The minimum Gasteiger partial charge on any atom is -0.493 e. The Morgan fingerprint density at radius 3 is 2.61 bits per heavy atom. The second-order valence-corrected chi connectivity index (χ2v) is 5.15. The van der Waals surface area contributed by atoms with Crippen LogP contribution in [0.15, 0.2) is 30.9 Å². The molecule has 0 bridgehead atoms. The zero-order valence-electron chi connectivity index (χ0n) is 13.8. The Bertz CT molecular complexity index is 554. The van der Waals surface area contributed by atoms with Crippen molar-refractivity contribution in [2.24, 2.45) is 0 Å². The first-order chi connectivity index (χ1) is 11.0. The molecular formula is C17H23NO5. The van der Waals surface area contributed by atoms with E-state index in [-0.39, 0.29) is 25.2 Å². The van der Waals surface area contributed by atoms with Gasteiger partial charge in [0.05, 0.1) is 7.11 Å². The maximum Gasteiger partial charge on any atom is 0.344 e. The molecule has 126 valence electrons. The summed E-state index contributed by atoms with van der Waals surface area (Å²) in [5.74, 6) is -0.0144. The molecule has 23 heavy (non-hydrogen) atoms. The Hall–Kier alpha value is -2.50. The van der Waals surface area contributed by atoms with Gasteiger partial charge in [0.2, 0.25) is 0 Å². The summed E-state index contributed by atoms with van der Waals surface area (Å²) in [7, 11) is 1.52. The minimum absolute atomic E-state index is 0.00390. The van der Waals surface area contributed by atoms with E-state index in [4.69, 9.17) is 14.2 Å². The highest BCUT2D eigenvalue weighted by Gasteiger charge is 2.11. The van der Waals surface area contributed by atoms with Gasteiger partial charge in [0, 0.05) is 6.04 Å². The number of hydrogen-bond acceptors (Lipinski definition) is 5. The number of nitrogens with one attached hydrogen (secondary N) is 1. The van der Waals surface area contributed by atoms with Gasteiger partial charge in [-0.1, -0.05) is 12.1 Å². The van der Waals surface area contributed by atoms with Crippen LogP contribution in [0.1, 0.15) is 19.4 Å². The van der Waals surface area contributed by atoms with E-state index in [1.165, 1.54) is 7.11 Å². The molecule has 0 fully saturated rings. The molecule has 0 aromatic heterocycles. The average Bonchev–Trinajstić information content (AvgIpc) is 2.51. The lowest BCUT2D eigenvalue weighted by molar-refractivity contribution is -0.150. The van der Waals surface area contributed by atoms with Crippen molar-refractivity contribution >= 4 is 11.9 Å². The predicted molar refractivity (Wildman–Crippen MR) is 86.6 cm³/mol. The fraction of sp³-hybridized carbons (Fsp3) is 0.412. The topological polar surface area (TPSA) is 73.9 Å². The predicted octanol–water partition coefficient (Wildman–Crippen LogP) is 1.87. The van der Waals surface area contributed by atoms with Crippen molar-refractivity contribution in [1.82, 2.24) is 5.32 Å². The summed E-state index contributed by atoms with van der Waals surface area (Å²) in [5, 5.41) is 2.62. The van der Waals surface area contributed by atoms with Crippen molar-refractivity contribution in [2.75, 3.05) is 20.3 Å². The summed E-state index contributed by atoms with van der Waals surface area (Å²) in [4.78, 5) is 23.0. The number of allylic oxidation sites excluding steroid dienone is 1. The van der Waals surface area contributed by atoms with Crippen LogP contribution in [-0.4, -0.2) is 38.2 Å². The highest BCUT2D eigenvalue weighted by atomic mass is 16.6. The van der Waals surface area contributed by atoms with E-state index in [1.807, 2.05) is 26.0 Å². The maximum atomic E-state index is 11.6. The average molecular weight is 321 g/mol. The molecule has 1 aromatic carbocycles. The quantitative estimate of drug-likeness (QED) is 0.555. The Morgan fingerprint density at radius 2 is 2.00 bits per heavy atom. The monoisotopic (exact) mass is 321 g/mol. The summed E-state index contributed by atoms with van der Waals surface area (Å²) in [5.41, 5.74) is 1.03. The molecule has 6 heteroatoms. The highest BCUT2D eigenvalue weighted by Crippen LogP contribution is 2.28. The summed E-state index contributed by atoms with van der Waals surface area (Å²) < 4.78 is 15.4. The largest absolute Gasteiger partial charge is 0.493 e. The number of rotatable bonds is 9. The number of hydrogen-bond donors (Lipinski definition) is 1. The first-order valence-electron chi connectivity index (χ1n) is 7.31. The van der Waals surface area contributed by atoms with E-state index in [2.05, 4.69) is 11.9 Å². The van der Waals surface area contributed by atoms with E-state index >= 15 is 0 Å². The highest BCUT2D eigenvalue weighted by molar-refractivity contribution is 5.81. The molecular weight excluding hydrogens is 298 g/mol. The maximum absolute atomic E-state index is 11.6. The van der Waals surface area contributed by atoms with Crippen molar-refractivity contribution in [3.63, 3.8) is 0 Å². The van der Waals surface area contributed by atoms with Crippen molar-refractivity contribution in [2.45, 2.75) is 26.3 Å². The van der Waals surface area contributed by atoms with Gasteiger partial charge in [-0.3, -0.25) is 4.79 Å². The molecule has 6 nitrogen and oxygen atoms in total. The first kappa shape index (κ1) is 18.5. The van der Waals surface area contributed by atoms with Gasteiger partial charge < -0.3 is 19.5 Å². The summed E-state index contributed by atoms with van der Waals surface area (Å²) in [6, 6.07) is 5.39. The number of methoxy groups -OCH3 is 1. The van der Waals surface area contributed by atoms with Gasteiger partial charge in [-0.25, -0.2) is 4.79 Å². The van der Waals surface area contributed by atoms with Crippen LogP contribution >= 0.6 is 0 Å². The fourth-order valence-corrected chi connectivity index (χ4v) is 1.81. The Morgan fingerprint density at radius 1 is 1.26 bits per heavy atom. The number of esters is 1. The summed E-state index contributed by atoms with van der Waals surface area (Å²) in [6.07, 6.45) is 2.50. The molecule has 0 spiro atoms. The van der Waals surface area contributed by atoms with Crippen LogP contribution in [-0.2, 0) is 20.7 Å². The SMILES string of the molecule is C=CCc1ccc(OCC(=O)OCC(=O)NC(C)C)c(OC)c1. The fourth-order valence-electron chi connectivity index (χ4n) is 1.81. The molecule has 0 unspecified atom stereocenters. The van der Waals surface area contributed by atoms with Gasteiger partial charge in [0.15, 0.2) is 24.7 Å².